The Morgan fingerprint density at radius 2 is 1.90 bits per heavy atom. The quantitative estimate of drug-likeness (QED) is 0.221. The molecule has 1 saturated carbocycles. The van der Waals surface area contributed by atoms with E-state index in [-0.39, 0.29) is 5.91 Å². The van der Waals surface area contributed by atoms with E-state index in [1.165, 1.54) is 19.3 Å². The number of pyridine rings is 3. The van der Waals surface area contributed by atoms with Crippen molar-refractivity contribution in [3.63, 3.8) is 0 Å². The van der Waals surface area contributed by atoms with E-state index in [4.69, 9.17) is 4.98 Å². The van der Waals surface area contributed by atoms with Gasteiger partial charge in [-0.15, -0.1) is 0 Å². The first kappa shape index (κ1) is 23.7. The zero-order chi connectivity index (χ0) is 26.2. The van der Waals surface area contributed by atoms with Gasteiger partial charge in [0.25, 0.3) is 0 Å². The van der Waals surface area contributed by atoms with Crippen LogP contribution in [0.15, 0.2) is 59.9 Å². The third-order valence-corrected chi connectivity index (χ3v) is 8.10. The van der Waals surface area contributed by atoms with Crippen molar-refractivity contribution < 1.29 is 4.79 Å². The highest BCUT2D eigenvalue weighted by molar-refractivity contribution is 7.08. The molecule has 1 aliphatic rings. The average Bonchev–Trinajstić information content (AvgIpc) is 3.73. The Balaban J connectivity index is 1.19. The maximum Gasteiger partial charge on any atom is 0.224 e. The molecule has 0 atom stereocenters. The van der Waals surface area contributed by atoms with Gasteiger partial charge in [0.05, 0.1) is 41.0 Å². The predicted molar refractivity (Wildman–Crippen MR) is 153 cm³/mol. The number of hydrogen-bond acceptors (Lipinski definition) is 7. The van der Waals surface area contributed by atoms with E-state index in [0.717, 1.165) is 57.2 Å². The first-order chi connectivity index (χ1) is 19.2. The number of nitrogens with one attached hydrogen (secondary N) is 3. The van der Waals surface area contributed by atoms with Crippen molar-refractivity contribution in [3.05, 3.63) is 59.9 Å². The molecule has 6 aromatic heterocycles. The zero-order valence-electron chi connectivity index (χ0n) is 21.1. The van der Waals surface area contributed by atoms with Crippen LogP contribution in [0, 0.1) is 5.92 Å². The summed E-state index contributed by atoms with van der Waals surface area (Å²) in [4.78, 5) is 34.3. The molecule has 0 spiro atoms. The fraction of sp³-hybridized carbons (Fsp3) is 0.241. The maximum absolute atomic E-state index is 12.7. The number of anilines is 1. The highest BCUT2D eigenvalue weighted by atomic mass is 32.1. The number of carbonyl (C=O) groups is 1. The number of fused-ring (bicyclic) bond motifs is 2. The van der Waals surface area contributed by atoms with Crippen LogP contribution in [-0.2, 0) is 4.79 Å². The summed E-state index contributed by atoms with van der Waals surface area (Å²) in [5, 5.41) is 15.7. The van der Waals surface area contributed by atoms with Crippen LogP contribution in [-0.4, -0.2) is 41.0 Å². The van der Waals surface area contributed by atoms with E-state index in [2.05, 4.69) is 46.9 Å². The Hall–Kier alpha value is -4.44. The Labute approximate surface area is 228 Å². The fourth-order valence-corrected chi connectivity index (χ4v) is 6.10. The van der Waals surface area contributed by atoms with Gasteiger partial charge < -0.3 is 10.3 Å². The fourth-order valence-electron chi connectivity index (χ4n) is 5.44. The molecule has 6 heterocycles. The minimum absolute atomic E-state index is 0.0441. The smallest absolute Gasteiger partial charge is 0.224 e. The molecular weight excluding hydrogens is 508 g/mol. The molecule has 6 aromatic rings. The summed E-state index contributed by atoms with van der Waals surface area (Å²) in [6.07, 6.45) is 15.4. The summed E-state index contributed by atoms with van der Waals surface area (Å²) >= 11 is 1.64. The molecule has 9 nitrogen and oxygen atoms in total. The number of nitrogens with zero attached hydrogens (tertiary/aromatic N) is 5. The second kappa shape index (κ2) is 10.0. The lowest BCUT2D eigenvalue weighted by molar-refractivity contribution is -0.117. The third kappa shape index (κ3) is 4.67. The van der Waals surface area contributed by atoms with Gasteiger partial charge in [0.2, 0.25) is 5.91 Å². The lowest BCUT2D eigenvalue weighted by Gasteiger charge is -2.20. The summed E-state index contributed by atoms with van der Waals surface area (Å²) < 4.78 is 0. The molecule has 0 aliphatic heterocycles. The molecule has 0 aromatic carbocycles. The Bertz CT molecular complexity index is 1780. The summed E-state index contributed by atoms with van der Waals surface area (Å²) in [5.74, 6) is 1.18. The third-order valence-electron chi connectivity index (χ3n) is 7.41. The van der Waals surface area contributed by atoms with Crippen molar-refractivity contribution in [1.82, 2.24) is 35.1 Å². The van der Waals surface area contributed by atoms with Crippen LogP contribution in [0.1, 0.15) is 38.5 Å². The van der Waals surface area contributed by atoms with Crippen molar-refractivity contribution in [2.75, 3.05) is 5.32 Å². The van der Waals surface area contributed by atoms with Gasteiger partial charge in [-0.25, -0.2) is 4.98 Å². The van der Waals surface area contributed by atoms with Crippen LogP contribution in [0.3, 0.4) is 0 Å². The van der Waals surface area contributed by atoms with Gasteiger partial charge in [-0.05, 0) is 53.3 Å². The maximum atomic E-state index is 12.7. The zero-order valence-corrected chi connectivity index (χ0v) is 22.0. The Morgan fingerprint density at radius 1 is 1.00 bits per heavy atom. The van der Waals surface area contributed by atoms with E-state index < -0.39 is 0 Å². The number of hydrogen-bond donors (Lipinski definition) is 3. The number of aromatic amines is 2. The molecule has 194 valence electrons. The van der Waals surface area contributed by atoms with Gasteiger partial charge in [-0.2, -0.15) is 16.4 Å². The van der Waals surface area contributed by atoms with E-state index in [9.17, 15) is 4.79 Å². The summed E-state index contributed by atoms with van der Waals surface area (Å²) in [7, 11) is 0. The van der Waals surface area contributed by atoms with Crippen LogP contribution in [0.5, 0.6) is 0 Å². The second-order valence-corrected chi connectivity index (χ2v) is 10.9. The lowest BCUT2D eigenvalue weighted by atomic mass is 9.87. The van der Waals surface area contributed by atoms with Crippen molar-refractivity contribution in [2.24, 2.45) is 5.92 Å². The van der Waals surface area contributed by atoms with E-state index >= 15 is 0 Å². The summed E-state index contributed by atoms with van der Waals surface area (Å²) in [5.41, 5.74) is 7.49. The number of H-pyrrole nitrogens is 2. The number of carbonyl (C=O) groups excluding carboxylic acids is 1. The molecule has 3 N–H and O–H groups in total. The van der Waals surface area contributed by atoms with Gasteiger partial charge in [-0.1, -0.05) is 19.3 Å². The molecule has 1 amide bonds. The molecule has 0 radical (unpaired) electrons. The molecule has 10 heteroatoms. The van der Waals surface area contributed by atoms with Gasteiger partial charge >= 0.3 is 0 Å². The number of imidazole rings is 1. The second-order valence-electron chi connectivity index (χ2n) is 10.1. The number of thiophene rings is 1. The molecule has 0 saturated heterocycles. The highest BCUT2D eigenvalue weighted by Crippen LogP contribution is 2.33. The van der Waals surface area contributed by atoms with Crippen molar-refractivity contribution in [2.45, 2.75) is 38.5 Å². The molecular formula is C29H26N8OS. The topological polar surface area (TPSA) is 125 Å². The van der Waals surface area contributed by atoms with Crippen LogP contribution < -0.4 is 5.32 Å². The number of amides is 1. The SMILES string of the molecule is O=C(CC1CCCCC1)Nc1cncc(-c2cc3c(-c4nc5c(-c6ccsc6)cncc5[nH]4)n[nH]c3cn2)c1. The van der Waals surface area contributed by atoms with Crippen molar-refractivity contribution >= 4 is 44.9 Å². The van der Waals surface area contributed by atoms with Crippen molar-refractivity contribution in [1.29, 1.82) is 0 Å². The lowest BCUT2D eigenvalue weighted by Crippen LogP contribution is -2.18. The number of aromatic nitrogens is 7. The summed E-state index contributed by atoms with van der Waals surface area (Å²) in [6, 6.07) is 5.96. The molecule has 0 bridgehead atoms. The van der Waals surface area contributed by atoms with E-state index in [0.29, 0.717) is 29.5 Å². The molecule has 39 heavy (non-hydrogen) atoms. The predicted octanol–water partition coefficient (Wildman–Crippen LogP) is 6.60. The first-order valence-corrected chi connectivity index (χ1v) is 14.1. The van der Waals surface area contributed by atoms with Gasteiger partial charge in [0.15, 0.2) is 5.82 Å². The van der Waals surface area contributed by atoms with Crippen LogP contribution in [0.4, 0.5) is 5.69 Å². The highest BCUT2D eigenvalue weighted by Gasteiger charge is 2.19. The molecule has 1 aliphatic carbocycles. The van der Waals surface area contributed by atoms with Gasteiger partial charge in [0, 0.05) is 35.3 Å². The standard InChI is InChI=1S/C29H26N8OS/c38-26(8-17-4-2-1-3-5-17)33-20-9-19(11-30-12-20)23-10-21-24(15-32-23)36-37-28(21)29-34-25-14-31-13-22(27(25)35-29)18-6-7-39-16-18/h6-7,9-17H,1-5,8H2,(H,33,38)(H,34,35)(H,36,37). The number of rotatable bonds is 6. The van der Waals surface area contributed by atoms with Gasteiger partial charge in [0.1, 0.15) is 11.2 Å². The Morgan fingerprint density at radius 3 is 2.77 bits per heavy atom. The average molecular weight is 535 g/mol. The minimum atomic E-state index is 0.0441. The molecule has 1 fully saturated rings. The van der Waals surface area contributed by atoms with E-state index in [1.54, 1.807) is 36.1 Å². The molecule has 7 rings (SSSR count). The van der Waals surface area contributed by atoms with Gasteiger partial charge in [-0.3, -0.25) is 24.8 Å². The monoisotopic (exact) mass is 534 g/mol. The Kier molecular flexibility index (Phi) is 6.08. The summed E-state index contributed by atoms with van der Waals surface area (Å²) in [6.45, 7) is 0. The van der Waals surface area contributed by atoms with Crippen LogP contribution in [0.2, 0.25) is 0 Å². The van der Waals surface area contributed by atoms with Crippen molar-refractivity contribution in [3.8, 4) is 33.9 Å². The minimum Gasteiger partial charge on any atom is -0.335 e. The van der Waals surface area contributed by atoms with Crippen LogP contribution >= 0.6 is 11.3 Å². The van der Waals surface area contributed by atoms with E-state index in [1.807, 2.05) is 23.7 Å². The molecule has 0 unspecified atom stereocenters. The first-order valence-electron chi connectivity index (χ1n) is 13.2. The van der Waals surface area contributed by atoms with Crippen LogP contribution in [0.25, 0.3) is 55.8 Å². The normalized spacial score (nSPS) is 14.3. The largest absolute Gasteiger partial charge is 0.335 e.